The Morgan fingerprint density at radius 2 is 1.97 bits per heavy atom. The second-order valence-corrected chi connectivity index (χ2v) is 10.8. The Labute approximate surface area is 188 Å². The first kappa shape index (κ1) is 20.6. The molecule has 1 aliphatic rings. The van der Waals surface area contributed by atoms with E-state index in [1.165, 1.54) is 11.3 Å². The highest BCUT2D eigenvalue weighted by molar-refractivity contribution is 7.91. The van der Waals surface area contributed by atoms with Gasteiger partial charge in [-0.2, -0.15) is 5.10 Å². The zero-order valence-electron chi connectivity index (χ0n) is 17.2. The molecule has 0 radical (unpaired) electrons. The molecule has 0 spiro atoms. The van der Waals surface area contributed by atoms with Gasteiger partial charge in [0.05, 0.1) is 33.8 Å². The second kappa shape index (κ2) is 7.99. The van der Waals surface area contributed by atoms with Crippen LogP contribution in [0.1, 0.15) is 28.8 Å². The lowest BCUT2D eigenvalue weighted by Gasteiger charge is -2.13. The van der Waals surface area contributed by atoms with Crippen LogP contribution in [0.15, 0.2) is 53.9 Å². The van der Waals surface area contributed by atoms with E-state index in [-0.39, 0.29) is 23.4 Å². The Balaban J connectivity index is 1.48. The molecule has 1 aromatic carbocycles. The Morgan fingerprint density at radius 1 is 1.16 bits per heavy atom. The zero-order valence-corrected chi connectivity index (χ0v) is 18.8. The number of thiophene rings is 1. The lowest BCUT2D eigenvalue weighted by Crippen LogP contribution is -2.20. The number of aryl methyl sites for hydroxylation is 1. The molecule has 1 aliphatic heterocycles. The van der Waals surface area contributed by atoms with Crippen LogP contribution >= 0.6 is 11.3 Å². The average molecular weight is 469 g/mol. The first-order valence-corrected chi connectivity index (χ1v) is 12.7. The predicted molar refractivity (Wildman–Crippen MR) is 122 cm³/mol. The van der Waals surface area contributed by atoms with Gasteiger partial charge < -0.3 is 5.32 Å². The molecule has 32 heavy (non-hydrogen) atoms. The standard InChI is InChI=1S/C21H20N6O3S2/c1-14-12-18(26(24-14)16-9-11-32(29,30)13-16)22-21(28)19-23-20(17-8-5-10-31-17)27(25-19)15-6-3-2-4-7-15/h2-8,10,12,16H,9,11,13H2,1H3,(H,22,28). The molecule has 9 nitrogen and oxygen atoms in total. The van der Waals surface area contributed by atoms with Crippen LogP contribution in [-0.2, 0) is 9.84 Å². The summed E-state index contributed by atoms with van der Waals surface area (Å²) in [7, 11) is -3.09. The van der Waals surface area contributed by atoms with Gasteiger partial charge in [-0.05, 0) is 36.9 Å². The quantitative estimate of drug-likeness (QED) is 0.482. The summed E-state index contributed by atoms with van der Waals surface area (Å²) in [5.41, 5.74) is 1.48. The number of nitrogens with one attached hydrogen (secondary N) is 1. The Morgan fingerprint density at radius 3 is 2.66 bits per heavy atom. The van der Waals surface area contributed by atoms with E-state index in [2.05, 4.69) is 20.5 Å². The maximum Gasteiger partial charge on any atom is 0.296 e. The van der Waals surface area contributed by atoms with Gasteiger partial charge in [0, 0.05) is 6.07 Å². The van der Waals surface area contributed by atoms with E-state index in [1.807, 2.05) is 47.8 Å². The fourth-order valence-corrected chi connectivity index (χ4v) is 6.14. The molecule has 1 saturated heterocycles. The van der Waals surface area contributed by atoms with Gasteiger partial charge in [-0.3, -0.25) is 4.79 Å². The van der Waals surface area contributed by atoms with Crippen molar-refractivity contribution in [2.24, 2.45) is 0 Å². The van der Waals surface area contributed by atoms with Crippen molar-refractivity contribution >= 4 is 32.9 Å². The largest absolute Gasteiger partial charge is 0.304 e. The third kappa shape index (κ3) is 3.96. The Kier molecular flexibility index (Phi) is 5.14. The van der Waals surface area contributed by atoms with Crippen molar-refractivity contribution in [1.82, 2.24) is 24.5 Å². The number of hydrogen-bond acceptors (Lipinski definition) is 7. The van der Waals surface area contributed by atoms with E-state index in [9.17, 15) is 13.2 Å². The first-order chi connectivity index (χ1) is 15.4. The van der Waals surface area contributed by atoms with Gasteiger partial charge in [0.25, 0.3) is 5.91 Å². The molecule has 4 aromatic rings. The normalized spacial score (nSPS) is 17.5. The second-order valence-electron chi connectivity index (χ2n) is 7.61. The van der Waals surface area contributed by atoms with Gasteiger partial charge >= 0.3 is 0 Å². The molecular formula is C21H20N6O3S2. The summed E-state index contributed by atoms with van der Waals surface area (Å²) in [5, 5.41) is 13.6. The molecule has 0 bridgehead atoms. The fourth-order valence-electron chi connectivity index (χ4n) is 3.75. The average Bonchev–Trinajstić information content (AvgIpc) is 3.54. The summed E-state index contributed by atoms with van der Waals surface area (Å²) >= 11 is 1.51. The van der Waals surface area contributed by atoms with Gasteiger partial charge in [0.2, 0.25) is 5.82 Å². The van der Waals surface area contributed by atoms with Crippen molar-refractivity contribution in [3.63, 3.8) is 0 Å². The van der Waals surface area contributed by atoms with E-state index in [1.54, 1.807) is 22.4 Å². The number of sulfone groups is 1. The number of carbonyl (C=O) groups excluding carboxylic acids is 1. The molecule has 0 aliphatic carbocycles. The summed E-state index contributed by atoms with van der Waals surface area (Å²) in [6.07, 6.45) is 0.468. The summed E-state index contributed by atoms with van der Waals surface area (Å²) in [6.45, 7) is 1.80. The number of benzene rings is 1. The van der Waals surface area contributed by atoms with E-state index < -0.39 is 15.7 Å². The minimum absolute atomic E-state index is 0.0143. The first-order valence-electron chi connectivity index (χ1n) is 10.0. The van der Waals surface area contributed by atoms with Crippen LogP contribution < -0.4 is 5.32 Å². The van der Waals surface area contributed by atoms with Gasteiger partial charge in [0.1, 0.15) is 5.82 Å². The lowest BCUT2D eigenvalue weighted by molar-refractivity contribution is 0.101. The summed E-state index contributed by atoms with van der Waals surface area (Å²) in [5.74, 6) is 0.671. The van der Waals surface area contributed by atoms with Crippen LogP contribution in [0.5, 0.6) is 0 Å². The molecule has 1 fully saturated rings. The van der Waals surface area contributed by atoms with Gasteiger partial charge in [-0.15, -0.1) is 16.4 Å². The lowest BCUT2D eigenvalue weighted by atomic mass is 10.3. The molecule has 1 atom stereocenters. The van der Waals surface area contributed by atoms with E-state index in [0.717, 1.165) is 10.6 Å². The molecule has 1 N–H and O–H groups in total. The van der Waals surface area contributed by atoms with Crippen molar-refractivity contribution in [2.45, 2.75) is 19.4 Å². The van der Waals surface area contributed by atoms with Crippen LogP contribution in [0.4, 0.5) is 5.82 Å². The number of rotatable bonds is 5. The zero-order chi connectivity index (χ0) is 22.3. The van der Waals surface area contributed by atoms with Gasteiger partial charge in [-0.25, -0.2) is 22.8 Å². The van der Waals surface area contributed by atoms with Crippen LogP contribution in [-0.4, -0.2) is 50.4 Å². The topological polar surface area (TPSA) is 112 Å². The monoisotopic (exact) mass is 468 g/mol. The smallest absolute Gasteiger partial charge is 0.296 e. The number of amides is 1. The van der Waals surface area contributed by atoms with Crippen LogP contribution in [0.25, 0.3) is 16.4 Å². The van der Waals surface area contributed by atoms with Crippen molar-refractivity contribution in [3.05, 3.63) is 65.4 Å². The predicted octanol–water partition coefficient (Wildman–Crippen LogP) is 3.11. The van der Waals surface area contributed by atoms with Gasteiger partial charge in [0.15, 0.2) is 15.7 Å². The molecule has 1 amide bonds. The van der Waals surface area contributed by atoms with Crippen LogP contribution in [0, 0.1) is 6.92 Å². The van der Waals surface area contributed by atoms with Crippen molar-refractivity contribution in [1.29, 1.82) is 0 Å². The molecule has 3 aromatic heterocycles. The van der Waals surface area contributed by atoms with E-state index in [4.69, 9.17) is 0 Å². The third-order valence-electron chi connectivity index (χ3n) is 5.21. The SMILES string of the molecule is Cc1cc(NC(=O)c2nc(-c3cccs3)n(-c3ccccc3)n2)n(C2CCS(=O)(=O)C2)n1. The number of carbonyl (C=O) groups is 1. The maximum absolute atomic E-state index is 13.1. The minimum atomic E-state index is -3.09. The number of aromatic nitrogens is 5. The van der Waals surface area contributed by atoms with Crippen molar-refractivity contribution < 1.29 is 13.2 Å². The number of nitrogens with zero attached hydrogens (tertiary/aromatic N) is 5. The highest BCUT2D eigenvalue weighted by atomic mass is 32.2. The summed E-state index contributed by atoms with van der Waals surface area (Å²) in [4.78, 5) is 18.5. The molecule has 11 heteroatoms. The Bertz CT molecular complexity index is 1370. The number of anilines is 1. The molecular weight excluding hydrogens is 448 g/mol. The molecule has 5 rings (SSSR count). The molecule has 164 valence electrons. The molecule has 4 heterocycles. The van der Waals surface area contributed by atoms with E-state index in [0.29, 0.717) is 23.8 Å². The third-order valence-corrected chi connectivity index (χ3v) is 7.82. The van der Waals surface area contributed by atoms with Crippen molar-refractivity contribution in [3.8, 4) is 16.4 Å². The van der Waals surface area contributed by atoms with Crippen molar-refractivity contribution in [2.75, 3.05) is 16.8 Å². The molecule has 0 saturated carbocycles. The minimum Gasteiger partial charge on any atom is -0.304 e. The fraction of sp³-hybridized carbons (Fsp3) is 0.238. The summed E-state index contributed by atoms with van der Waals surface area (Å²) in [6, 6.07) is 14.7. The number of hydrogen-bond donors (Lipinski definition) is 1. The van der Waals surface area contributed by atoms with E-state index >= 15 is 0 Å². The highest BCUT2D eigenvalue weighted by Gasteiger charge is 2.32. The highest BCUT2D eigenvalue weighted by Crippen LogP contribution is 2.28. The Hall–Kier alpha value is -3.31. The van der Waals surface area contributed by atoms with Crippen LogP contribution in [0.2, 0.25) is 0 Å². The summed E-state index contributed by atoms with van der Waals surface area (Å²) < 4.78 is 27.1. The molecule has 1 unspecified atom stereocenters. The number of para-hydroxylation sites is 1. The van der Waals surface area contributed by atoms with Crippen LogP contribution in [0.3, 0.4) is 0 Å². The van der Waals surface area contributed by atoms with Gasteiger partial charge in [-0.1, -0.05) is 24.3 Å². The maximum atomic E-state index is 13.1.